The molecule has 2 N–H and O–H groups in total. The Morgan fingerprint density at radius 3 is 3.12 bits per heavy atom. The van der Waals surface area contributed by atoms with Gasteiger partial charge in [-0.3, -0.25) is 4.79 Å². The number of aryl methyl sites for hydroxylation is 1. The highest BCUT2D eigenvalue weighted by Crippen LogP contribution is 2.06. The van der Waals surface area contributed by atoms with Crippen molar-refractivity contribution in [1.29, 1.82) is 0 Å². The van der Waals surface area contributed by atoms with Gasteiger partial charge in [0.1, 0.15) is 0 Å². The second kappa shape index (κ2) is 6.45. The van der Waals surface area contributed by atoms with E-state index in [-0.39, 0.29) is 0 Å². The Bertz CT molecular complexity index is 326. The van der Waals surface area contributed by atoms with Crippen molar-refractivity contribution < 1.29 is 4.79 Å². The predicted octanol–water partition coefficient (Wildman–Crippen LogP) is 1.16. The van der Waals surface area contributed by atoms with Gasteiger partial charge in [0, 0.05) is 38.4 Å². The highest BCUT2D eigenvalue weighted by Gasteiger charge is 2.14. The quantitative estimate of drug-likeness (QED) is 0.822. The lowest BCUT2D eigenvalue weighted by atomic mass is 10.1. The number of hydrogen-bond acceptors (Lipinski definition) is 2. The minimum absolute atomic E-state index is 0.309. The highest BCUT2D eigenvalue weighted by atomic mass is 16.2. The summed E-state index contributed by atoms with van der Waals surface area (Å²) in [5, 5.41) is 3.31. The van der Waals surface area contributed by atoms with Gasteiger partial charge >= 0.3 is 0 Å². The monoisotopic (exact) mass is 235 g/mol. The smallest absolute Gasteiger partial charge is 0.222 e. The number of rotatable bonds is 4. The second-order valence-electron chi connectivity index (χ2n) is 4.56. The average Bonchev–Trinajstić information content (AvgIpc) is 2.69. The molecule has 1 amide bonds. The van der Waals surface area contributed by atoms with Gasteiger partial charge in [0.25, 0.3) is 0 Å². The van der Waals surface area contributed by atoms with Crippen molar-refractivity contribution in [3.05, 3.63) is 24.0 Å². The Morgan fingerprint density at radius 1 is 1.35 bits per heavy atom. The van der Waals surface area contributed by atoms with Crippen LogP contribution in [-0.2, 0) is 11.2 Å². The molecule has 0 spiro atoms. The molecule has 0 radical (unpaired) electrons. The van der Waals surface area contributed by atoms with Crippen LogP contribution in [0.2, 0.25) is 0 Å². The van der Waals surface area contributed by atoms with Crippen LogP contribution >= 0.6 is 0 Å². The van der Waals surface area contributed by atoms with E-state index in [2.05, 4.69) is 16.4 Å². The van der Waals surface area contributed by atoms with Crippen LogP contribution in [0.3, 0.4) is 0 Å². The first kappa shape index (κ1) is 12.2. The Kier molecular flexibility index (Phi) is 4.62. The van der Waals surface area contributed by atoms with Crippen LogP contribution in [-0.4, -0.2) is 42.0 Å². The first-order valence-corrected chi connectivity index (χ1v) is 6.46. The van der Waals surface area contributed by atoms with Crippen molar-refractivity contribution in [1.82, 2.24) is 15.2 Å². The molecule has 0 unspecified atom stereocenters. The Balaban J connectivity index is 1.69. The normalized spacial score (nSPS) is 16.8. The highest BCUT2D eigenvalue weighted by molar-refractivity contribution is 5.76. The van der Waals surface area contributed by atoms with Gasteiger partial charge in [0.05, 0.1) is 0 Å². The number of H-pyrrole nitrogens is 1. The third-order valence-corrected chi connectivity index (χ3v) is 3.21. The third kappa shape index (κ3) is 3.89. The molecule has 1 aromatic heterocycles. The van der Waals surface area contributed by atoms with Crippen LogP contribution < -0.4 is 5.32 Å². The summed E-state index contributed by atoms with van der Waals surface area (Å²) in [6.07, 6.45) is 7.61. The van der Waals surface area contributed by atoms with Crippen LogP contribution in [0.5, 0.6) is 0 Å². The van der Waals surface area contributed by atoms with E-state index in [1.54, 1.807) is 0 Å². The van der Waals surface area contributed by atoms with Gasteiger partial charge in [-0.25, -0.2) is 0 Å². The minimum Gasteiger partial charge on any atom is -0.367 e. The molecule has 17 heavy (non-hydrogen) atoms. The zero-order chi connectivity index (χ0) is 11.9. The number of hydrogen-bond donors (Lipinski definition) is 2. The summed E-state index contributed by atoms with van der Waals surface area (Å²) in [4.78, 5) is 17.0. The molecule has 2 heterocycles. The lowest BCUT2D eigenvalue weighted by Crippen LogP contribution is -2.34. The maximum absolute atomic E-state index is 12.0. The van der Waals surface area contributed by atoms with Crippen molar-refractivity contribution in [3.63, 3.8) is 0 Å². The largest absolute Gasteiger partial charge is 0.367 e. The maximum atomic E-state index is 12.0. The van der Waals surface area contributed by atoms with Crippen molar-refractivity contribution in [2.45, 2.75) is 25.7 Å². The summed E-state index contributed by atoms with van der Waals surface area (Å²) in [7, 11) is 0. The van der Waals surface area contributed by atoms with Gasteiger partial charge < -0.3 is 15.2 Å². The molecule has 1 aliphatic rings. The molecule has 1 fully saturated rings. The topological polar surface area (TPSA) is 48.1 Å². The molecule has 0 bridgehead atoms. The molecular weight excluding hydrogens is 214 g/mol. The lowest BCUT2D eigenvalue weighted by molar-refractivity contribution is -0.131. The number of amides is 1. The first-order chi connectivity index (χ1) is 8.36. The molecule has 0 aromatic carbocycles. The number of carbonyl (C=O) groups excluding carboxylic acids is 1. The summed E-state index contributed by atoms with van der Waals surface area (Å²) in [6.45, 7) is 3.75. The molecule has 1 aliphatic heterocycles. The van der Waals surface area contributed by atoms with Crippen molar-refractivity contribution >= 4 is 5.91 Å². The summed E-state index contributed by atoms with van der Waals surface area (Å²) in [6, 6.07) is 2.07. The predicted molar refractivity (Wildman–Crippen MR) is 67.8 cm³/mol. The van der Waals surface area contributed by atoms with Gasteiger partial charge in [0.2, 0.25) is 5.91 Å². The zero-order valence-corrected chi connectivity index (χ0v) is 10.2. The lowest BCUT2D eigenvalue weighted by Gasteiger charge is -2.19. The molecule has 0 saturated carbocycles. The Hall–Kier alpha value is -1.29. The number of carbonyl (C=O) groups is 1. The van der Waals surface area contributed by atoms with Gasteiger partial charge in [-0.1, -0.05) is 0 Å². The molecular formula is C13H21N3O. The molecule has 94 valence electrons. The number of nitrogens with zero attached hydrogens (tertiary/aromatic N) is 1. The zero-order valence-electron chi connectivity index (χ0n) is 10.2. The summed E-state index contributed by atoms with van der Waals surface area (Å²) >= 11 is 0. The SMILES string of the molecule is O=C(CCCc1cc[nH]c1)N1CCCNCC1. The van der Waals surface area contributed by atoms with Crippen molar-refractivity contribution in [3.8, 4) is 0 Å². The van der Waals surface area contributed by atoms with E-state index in [0.29, 0.717) is 12.3 Å². The molecule has 1 aromatic rings. The molecule has 4 nitrogen and oxygen atoms in total. The van der Waals surface area contributed by atoms with Crippen molar-refractivity contribution in [2.75, 3.05) is 26.2 Å². The number of aromatic nitrogens is 1. The minimum atomic E-state index is 0.309. The molecule has 2 rings (SSSR count). The first-order valence-electron chi connectivity index (χ1n) is 6.46. The molecule has 4 heteroatoms. The van der Waals surface area contributed by atoms with Crippen molar-refractivity contribution in [2.24, 2.45) is 0 Å². The second-order valence-corrected chi connectivity index (χ2v) is 4.56. The van der Waals surface area contributed by atoms with E-state index in [4.69, 9.17) is 0 Å². The summed E-state index contributed by atoms with van der Waals surface area (Å²) in [5.41, 5.74) is 1.29. The molecule has 0 aliphatic carbocycles. The van der Waals surface area contributed by atoms with E-state index in [0.717, 1.165) is 45.4 Å². The van der Waals surface area contributed by atoms with E-state index in [9.17, 15) is 4.79 Å². The Labute approximate surface area is 102 Å². The van der Waals surface area contributed by atoms with E-state index in [1.807, 2.05) is 17.3 Å². The third-order valence-electron chi connectivity index (χ3n) is 3.21. The van der Waals surface area contributed by atoms with Crippen LogP contribution in [0.4, 0.5) is 0 Å². The van der Waals surface area contributed by atoms with Gasteiger partial charge in [-0.2, -0.15) is 0 Å². The van der Waals surface area contributed by atoms with E-state index < -0.39 is 0 Å². The van der Waals surface area contributed by atoms with Crippen LogP contribution in [0, 0.1) is 0 Å². The fraction of sp³-hybridized carbons (Fsp3) is 0.615. The van der Waals surface area contributed by atoms with Crippen LogP contribution in [0.25, 0.3) is 0 Å². The standard InChI is InChI=1S/C13H21N3O/c17-13(16-9-2-6-14-8-10-16)4-1-3-12-5-7-15-11-12/h5,7,11,14-15H,1-4,6,8-10H2. The Morgan fingerprint density at radius 2 is 2.29 bits per heavy atom. The van der Waals surface area contributed by atoms with Gasteiger partial charge in [-0.05, 0) is 37.4 Å². The number of nitrogens with one attached hydrogen (secondary N) is 2. The fourth-order valence-corrected chi connectivity index (χ4v) is 2.21. The van der Waals surface area contributed by atoms with Crippen LogP contribution in [0.15, 0.2) is 18.5 Å². The summed E-state index contributed by atoms with van der Waals surface area (Å²) in [5.74, 6) is 0.309. The molecule has 1 saturated heterocycles. The van der Waals surface area contributed by atoms with Gasteiger partial charge in [0.15, 0.2) is 0 Å². The molecule has 0 atom stereocenters. The van der Waals surface area contributed by atoms with Crippen LogP contribution in [0.1, 0.15) is 24.8 Å². The maximum Gasteiger partial charge on any atom is 0.222 e. The number of aromatic amines is 1. The fourth-order valence-electron chi connectivity index (χ4n) is 2.21. The van der Waals surface area contributed by atoms with E-state index in [1.165, 1.54) is 5.56 Å². The van der Waals surface area contributed by atoms with Gasteiger partial charge in [-0.15, -0.1) is 0 Å². The van der Waals surface area contributed by atoms with E-state index >= 15 is 0 Å². The average molecular weight is 235 g/mol. The summed E-state index contributed by atoms with van der Waals surface area (Å²) < 4.78 is 0.